The van der Waals surface area contributed by atoms with Gasteiger partial charge in [0.15, 0.2) is 0 Å². The fraction of sp³-hybridized carbons (Fsp3) is 0.0333. The highest BCUT2D eigenvalue weighted by molar-refractivity contribution is 6.30. The number of nitrogens with zero attached hydrogens (tertiary/aromatic N) is 2. The normalized spacial score (nSPS) is 11.1. The highest BCUT2D eigenvalue weighted by Crippen LogP contribution is 2.30. The Bertz CT molecular complexity index is 1360. The van der Waals surface area contributed by atoms with Crippen LogP contribution in [0, 0.1) is 0 Å². The first-order valence-electron chi connectivity index (χ1n) is 11.1. The molecule has 0 radical (unpaired) electrons. The molecule has 0 fully saturated rings. The topological polar surface area (TPSA) is 24.8 Å². The van der Waals surface area contributed by atoms with Crippen LogP contribution in [-0.4, -0.2) is 6.21 Å². The number of rotatable bonds is 7. The minimum Gasteiger partial charge on any atom is -0.488 e. The number of fused-ring (bicyclic) bond motifs is 1. The summed E-state index contributed by atoms with van der Waals surface area (Å²) >= 11 is 6.03. The van der Waals surface area contributed by atoms with E-state index in [4.69, 9.17) is 21.4 Å². The summed E-state index contributed by atoms with van der Waals surface area (Å²) in [6.45, 7) is 0.442. The smallest absolute Gasteiger partial charge is 0.129 e. The lowest BCUT2D eigenvalue weighted by Gasteiger charge is -2.19. The molecule has 0 saturated carbocycles. The van der Waals surface area contributed by atoms with E-state index >= 15 is 0 Å². The molecule has 0 aliphatic carbocycles. The van der Waals surface area contributed by atoms with Gasteiger partial charge in [-0.2, -0.15) is 5.10 Å². The Labute approximate surface area is 204 Å². The minimum absolute atomic E-state index is 0.442. The van der Waals surface area contributed by atoms with Crippen LogP contribution in [0.5, 0.6) is 5.75 Å². The molecule has 0 amide bonds. The molecule has 3 nitrogen and oxygen atoms in total. The Morgan fingerprint density at radius 1 is 0.676 bits per heavy atom. The molecule has 5 aromatic carbocycles. The third-order valence-corrected chi connectivity index (χ3v) is 5.79. The van der Waals surface area contributed by atoms with Crippen molar-refractivity contribution in [3.63, 3.8) is 0 Å². The number of para-hydroxylation sites is 2. The Kier molecular flexibility index (Phi) is 6.55. The van der Waals surface area contributed by atoms with Crippen LogP contribution in [0.15, 0.2) is 126 Å². The number of hydrogen-bond acceptors (Lipinski definition) is 3. The largest absolute Gasteiger partial charge is 0.488 e. The molecule has 0 aliphatic rings. The van der Waals surface area contributed by atoms with Gasteiger partial charge in [-0.3, -0.25) is 0 Å². The average Bonchev–Trinajstić information content (AvgIpc) is 2.90. The van der Waals surface area contributed by atoms with E-state index in [-0.39, 0.29) is 0 Å². The highest BCUT2D eigenvalue weighted by atomic mass is 35.5. The zero-order valence-corrected chi connectivity index (χ0v) is 19.3. The second kappa shape index (κ2) is 10.2. The van der Waals surface area contributed by atoms with E-state index in [0.717, 1.165) is 39.0 Å². The van der Waals surface area contributed by atoms with Crippen LogP contribution in [0.25, 0.3) is 10.8 Å². The number of hydrazone groups is 1. The zero-order valence-electron chi connectivity index (χ0n) is 18.5. The standard InChI is InChI=1S/C30H23ClN2O/c31-25-18-15-23(16-19-25)22-34-30-20-17-24-9-7-8-14-28(24)29(30)21-32-33(26-10-3-1-4-11-26)27-12-5-2-6-13-27/h1-21H,22H2/b32-21-. The van der Waals surface area contributed by atoms with E-state index in [2.05, 4.69) is 18.2 Å². The van der Waals surface area contributed by atoms with Gasteiger partial charge in [-0.1, -0.05) is 90.5 Å². The molecule has 0 bridgehead atoms. The summed E-state index contributed by atoms with van der Waals surface area (Å²) in [5, 5.41) is 9.79. The Morgan fingerprint density at radius 3 is 1.97 bits per heavy atom. The van der Waals surface area contributed by atoms with Crippen LogP contribution < -0.4 is 9.75 Å². The fourth-order valence-corrected chi connectivity index (χ4v) is 3.94. The van der Waals surface area contributed by atoms with Crippen LogP contribution >= 0.6 is 11.6 Å². The van der Waals surface area contributed by atoms with E-state index in [0.29, 0.717) is 11.6 Å². The summed E-state index contributed by atoms with van der Waals surface area (Å²) in [5.74, 6) is 0.776. The lowest BCUT2D eigenvalue weighted by Crippen LogP contribution is -2.09. The molecular weight excluding hydrogens is 440 g/mol. The molecule has 0 saturated heterocycles. The van der Waals surface area contributed by atoms with Crippen molar-refractivity contribution in [2.45, 2.75) is 6.61 Å². The molecule has 0 heterocycles. The maximum Gasteiger partial charge on any atom is 0.129 e. The van der Waals surface area contributed by atoms with Crippen molar-refractivity contribution in [1.82, 2.24) is 0 Å². The molecule has 0 spiro atoms. The summed E-state index contributed by atoms with van der Waals surface area (Å²) in [7, 11) is 0. The lowest BCUT2D eigenvalue weighted by atomic mass is 10.0. The average molecular weight is 463 g/mol. The summed E-state index contributed by atoms with van der Waals surface area (Å²) in [5.41, 5.74) is 3.95. The number of ether oxygens (including phenoxy) is 1. The first kappa shape index (κ1) is 21.7. The molecule has 34 heavy (non-hydrogen) atoms. The minimum atomic E-state index is 0.442. The molecule has 4 heteroatoms. The van der Waals surface area contributed by atoms with E-state index in [9.17, 15) is 0 Å². The first-order chi connectivity index (χ1) is 16.8. The second-order valence-electron chi connectivity index (χ2n) is 7.84. The van der Waals surface area contributed by atoms with Gasteiger partial charge in [0.2, 0.25) is 0 Å². The summed E-state index contributed by atoms with van der Waals surface area (Å²) < 4.78 is 6.26. The van der Waals surface area contributed by atoms with Crippen LogP contribution in [0.4, 0.5) is 11.4 Å². The van der Waals surface area contributed by atoms with Crippen LogP contribution in [0.3, 0.4) is 0 Å². The van der Waals surface area contributed by atoms with Crippen molar-refractivity contribution in [2.24, 2.45) is 5.10 Å². The second-order valence-corrected chi connectivity index (χ2v) is 8.28. The molecule has 0 atom stereocenters. The van der Waals surface area contributed by atoms with Gasteiger partial charge in [0, 0.05) is 10.6 Å². The van der Waals surface area contributed by atoms with Crippen molar-refractivity contribution in [3.05, 3.63) is 137 Å². The van der Waals surface area contributed by atoms with Crippen LogP contribution in [0.1, 0.15) is 11.1 Å². The summed E-state index contributed by atoms with van der Waals surface area (Å²) in [4.78, 5) is 0. The third kappa shape index (κ3) is 4.95. The van der Waals surface area contributed by atoms with Crippen LogP contribution in [-0.2, 0) is 6.61 Å². The molecule has 166 valence electrons. The third-order valence-electron chi connectivity index (χ3n) is 5.54. The molecule has 0 aliphatic heterocycles. The van der Waals surface area contributed by atoms with Gasteiger partial charge >= 0.3 is 0 Å². The van der Waals surface area contributed by atoms with Crippen molar-refractivity contribution < 1.29 is 4.74 Å². The van der Waals surface area contributed by atoms with E-state index < -0.39 is 0 Å². The van der Waals surface area contributed by atoms with Gasteiger partial charge in [0.25, 0.3) is 0 Å². The van der Waals surface area contributed by atoms with E-state index in [1.54, 1.807) is 0 Å². The molecule has 5 aromatic rings. The van der Waals surface area contributed by atoms with Gasteiger partial charge in [0.05, 0.1) is 17.6 Å². The molecule has 0 aromatic heterocycles. The van der Waals surface area contributed by atoms with Crippen molar-refractivity contribution in [1.29, 1.82) is 0 Å². The van der Waals surface area contributed by atoms with Crippen molar-refractivity contribution >= 4 is 40.0 Å². The molecule has 5 rings (SSSR count). The molecule has 0 unspecified atom stereocenters. The number of hydrogen-bond donors (Lipinski definition) is 0. The fourth-order valence-electron chi connectivity index (χ4n) is 3.81. The highest BCUT2D eigenvalue weighted by Gasteiger charge is 2.11. The van der Waals surface area contributed by atoms with Gasteiger partial charge in [0.1, 0.15) is 12.4 Å². The zero-order chi connectivity index (χ0) is 23.2. The Balaban J connectivity index is 1.54. The molecule has 0 N–H and O–H groups in total. The van der Waals surface area contributed by atoms with E-state index in [1.807, 2.05) is 114 Å². The van der Waals surface area contributed by atoms with Crippen LogP contribution in [0.2, 0.25) is 5.02 Å². The predicted molar refractivity (Wildman–Crippen MR) is 142 cm³/mol. The maximum atomic E-state index is 6.26. The SMILES string of the molecule is Clc1ccc(COc2ccc3ccccc3c2/C=N\N(c2ccccc2)c2ccccc2)cc1. The first-order valence-corrected chi connectivity index (χ1v) is 11.5. The quantitative estimate of drug-likeness (QED) is 0.180. The van der Waals surface area contributed by atoms with Gasteiger partial charge in [-0.05, 0) is 58.8 Å². The predicted octanol–water partition coefficient (Wildman–Crippen LogP) is 8.24. The Hall–Kier alpha value is -4.08. The molecular formula is C30H23ClN2O. The number of halogens is 1. The van der Waals surface area contributed by atoms with Gasteiger partial charge in [-0.15, -0.1) is 0 Å². The number of anilines is 2. The maximum absolute atomic E-state index is 6.26. The van der Waals surface area contributed by atoms with Gasteiger partial charge < -0.3 is 4.74 Å². The number of benzene rings is 5. The van der Waals surface area contributed by atoms with E-state index in [1.165, 1.54) is 0 Å². The lowest BCUT2D eigenvalue weighted by molar-refractivity contribution is 0.306. The monoisotopic (exact) mass is 462 g/mol. The van der Waals surface area contributed by atoms with Crippen molar-refractivity contribution in [2.75, 3.05) is 5.01 Å². The Morgan fingerprint density at radius 2 is 1.29 bits per heavy atom. The summed E-state index contributed by atoms with van der Waals surface area (Å²) in [6.07, 6.45) is 1.89. The van der Waals surface area contributed by atoms with Crippen molar-refractivity contribution in [3.8, 4) is 5.75 Å². The summed E-state index contributed by atoms with van der Waals surface area (Å²) in [6, 6.07) is 40.3. The van der Waals surface area contributed by atoms with Gasteiger partial charge in [-0.25, -0.2) is 5.01 Å².